The van der Waals surface area contributed by atoms with Crippen molar-refractivity contribution < 1.29 is 0 Å². The zero-order valence-electron chi connectivity index (χ0n) is 10.1. The van der Waals surface area contributed by atoms with Crippen LogP contribution in [-0.2, 0) is 0 Å². The van der Waals surface area contributed by atoms with Crippen LogP contribution in [0.15, 0.2) is 60.7 Å². The van der Waals surface area contributed by atoms with Gasteiger partial charge in [-0.15, -0.1) is 0 Å². The molecule has 1 aromatic heterocycles. The van der Waals surface area contributed by atoms with E-state index in [-0.39, 0.29) is 0 Å². The molecule has 0 spiro atoms. The third-order valence-electron chi connectivity index (χ3n) is 2.92. The van der Waals surface area contributed by atoms with Gasteiger partial charge in [-0.3, -0.25) is 0 Å². The second kappa shape index (κ2) is 5.10. The molecule has 88 valence electrons. The first-order valence-electron chi connectivity index (χ1n) is 5.92. The van der Waals surface area contributed by atoms with Crippen molar-refractivity contribution >= 4 is 20.7 Å². The van der Waals surface area contributed by atoms with Crippen LogP contribution in [0.2, 0.25) is 0 Å². The Morgan fingerprint density at radius 1 is 0.833 bits per heavy atom. The Morgan fingerprint density at radius 3 is 2.28 bits per heavy atom. The zero-order valence-corrected chi connectivity index (χ0v) is 12.5. The summed E-state index contributed by atoms with van der Waals surface area (Å²) < 4.78 is 6.17. The van der Waals surface area contributed by atoms with Crippen LogP contribution in [0, 0.1) is 6.92 Å². The van der Waals surface area contributed by atoms with Crippen molar-refractivity contribution in [2.75, 3.05) is 0 Å². The van der Waals surface area contributed by atoms with Gasteiger partial charge < -0.3 is 0 Å². The fourth-order valence-corrected chi connectivity index (χ4v) is 4.04. The summed E-state index contributed by atoms with van der Waals surface area (Å²) >= 11 is -0.411. The van der Waals surface area contributed by atoms with Gasteiger partial charge in [0, 0.05) is 0 Å². The molecule has 0 N–H and O–H groups in total. The molecule has 0 fully saturated rings. The van der Waals surface area contributed by atoms with Crippen LogP contribution in [-0.4, -0.2) is 23.9 Å². The number of nitrogens with zero attached hydrogens (tertiary/aromatic N) is 1. The van der Waals surface area contributed by atoms with Crippen molar-refractivity contribution in [1.82, 2.24) is 3.21 Å². The average Bonchev–Trinajstić information content (AvgIpc) is 2.90. The number of hydrogen-bond acceptors (Lipinski definition) is 1. The molecule has 0 saturated heterocycles. The third-order valence-corrected chi connectivity index (χ3v) is 5.31. The first kappa shape index (κ1) is 11.7. The van der Waals surface area contributed by atoms with Gasteiger partial charge in [-0.25, -0.2) is 0 Å². The van der Waals surface area contributed by atoms with E-state index in [1.807, 2.05) is 0 Å². The number of aromatic nitrogens is 1. The zero-order chi connectivity index (χ0) is 12.4. The maximum atomic E-state index is 4.75. The SMILES string of the molecule is Cc1ccc(-c2cc(-c3ccccc3)[te]n2)cc1. The molecule has 1 nitrogen and oxygen atoms in total. The summed E-state index contributed by atoms with van der Waals surface area (Å²) in [5.41, 5.74) is 5.00. The summed E-state index contributed by atoms with van der Waals surface area (Å²) in [6, 6.07) is 21.4. The van der Waals surface area contributed by atoms with Crippen LogP contribution >= 0.6 is 0 Å². The van der Waals surface area contributed by atoms with Crippen LogP contribution in [0.1, 0.15) is 5.56 Å². The Hall–Kier alpha value is -1.36. The monoisotopic (exact) mass is 349 g/mol. The van der Waals surface area contributed by atoms with E-state index in [4.69, 9.17) is 3.21 Å². The molecule has 3 rings (SSSR count). The van der Waals surface area contributed by atoms with Gasteiger partial charge in [0.05, 0.1) is 0 Å². The van der Waals surface area contributed by atoms with Gasteiger partial charge >= 0.3 is 117 Å². The maximum absolute atomic E-state index is 4.75. The van der Waals surface area contributed by atoms with E-state index in [0.29, 0.717) is 0 Å². The van der Waals surface area contributed by atoms with Gasteiger partial charge in [-0.1, -0.05) is 0 Å². The number of rotatable bonds is 2. The molecule has 1 heterocycles. The van der Waals surface area contributed by atoms with Crippen LogP contribution in [0.25, 0.3) is 20.4 Å². The standard InChI is InChI=1S/C16H13NTe/c1-12-7-9-13(10-8-12)15-11-16(18-17-15)14-5-3-2-4-6-14/h2-11H,1H3. The Balaban J connectivity index is 1.97. The van der Waals surface area contributed by atoms with E-state index in [1.165, 1.54) is 20.3 Å². The van der Waals surface area contributed by atoms with Gasteiger partial charge in [0.25, 0.3) is 0 Å². The molecular formula is C16H13NTe. The molecule has 2 heteroatoms. The molecule has 18 heavy (non-hydrogen) atoms. The molecule has 2 aromatic carbocycles. The molecule has 0 aliphatic rings. The first-order valence-corrected chi connectivity index (χ1v) is 8.13. The fourth-order valence-electron chi connectivity index (χ4n) is 1.87. The average molecular weight is 347 g/mol. The summed E-state index contributed by atoms with van der Waals surface area (Å²) in [5.74, 6) is 0. The molecule has 0 radical (unpaired) electrons. The van der Waals surface area contributed by atoms with Crippen molar-refractivity contribution in [3.8, 4) is 20.4 Å². The summed E-state index contributed by atoms with van der Waals surface area (Å²) in [6.45, 7) is 2.11. The Morgan fingerprint density at radius 2 is 1.56 bits per heavy atom. The van der Waals surface area contributed by atoms with Gasteiger partial charge in [-0.2, -0.15) is 0 Å². The minimum atomic E-state index is -0.411. The molecular weight excluding hydrogens is 334 g/mol. The van der Waals surface area contributed by atoms with E-state index in [2.05, 4.69) is 67.6 Å². The van der Waals surface area contributed by atoms with Crippen molar-refractivity contribution in [2.45, 2.75) is 6.92 Å². The van der Waals surface area contributed by atoms with Crippen molar-refractivity contribution in [2.24, 2.45) is 0 Å². The predicted octanol–water partition coefficient (Wildman–Crippen LogP) is 3.78. The van der Waals surface area contributed by atoms with Crippen molar-refractivity contribution in [3.63, 3.8) is 0 Å². The van der Waals surface area contributed by atoms with Gasteiger partial charge in [0.2, 0.25) is 0 Å². The first-order chi connectivity index (χ1) is 8.83. The second-order valence-corrected chi connectivity index (χ2v) is 6.61. The van der Waals surface area contributed by atoms with Crippen LogP contribution in [0.5, 0.6) is 0 Å². The van der Waals surface area contributed by atoms with E-state index in [9.17, 15) is 0 Å². The van der Waals surface area contributed by atoms with Gasteiger partial charge in [0.15, 0.2) is 0 Å². The van der Waals surface area contributed by atoms with Crippen LogP contribution in [0.4, 0.5) is 0 Å². The van der Waals surface area contributed by atoms with Crippen LogP contribution in [0.3, 0.4) is 0 Å². The van der Waals surface area contributed by atoms with Crippen molar-refractivity contribution in [1.29, 1.82) is 0 Å². The molecule has 3 aromatic rings. The molecule has 0 aliphatic heterocycles. The van der Waals surface area contributed by atoms with Gasteiger partial charge in [0.1, 0.15) is 0 Å². The molecule has 0 aliphatic carbocycles. The van der Waals surface area contributed by atoms with Gasteiger partial charge in [-0.05, 0) is 0 Å². The normalized spacial score (nSPS) is 10.5. The topological polar surface area (TPSA) is 12.9 Å². The predicted molar refractivity (Wildman–Crippen MR) is 76.8 cm³/mol. The van der Waals surface area contributed by atoms with Crippen molar-refractivity contribution in [3.05, 3.63) is 66.2 Å². The summed E-state index contributed by atoms with van der Waals surface area (Å²) in [5, 5.41) is 0. The molecule has 0 bridgehead atoms. The second-order valence-electron chi connectivity index (χ2n) is 4.31. The van der Waals surface area contributed by atoms with E-state index < -0.39 is 20.7 Å². The summed E-state index contributed by atoms with van der Waals surface area (Å²) in [4.78, 5) is 0. The Labute approximate surface area is 117 Å². The summed E-state index contributed by atoms with van der Waals surface area (Å²) in [6.07, 6.45) is 0. The number of aryl methyl sites for hydroxylation is 1. The number of benzene rings is 2. The molecule has 0 amide bonds. The van der Waals surface area contributed by atoms with E-state index in [0.717, 1.165) is 5.69 Å². The molecule has 0 atom stereocenters. The quantitative estimate of drug-likeness (QED) is 0.643. The summed E-state index contributed by atoms with van der Waals surface area (Å²) in [7, 11) is 0. The minimum absolute atomic E-state index is 0.411. The molecule has 0 unspecified atom stereocenters. The Bertz CT molecular complexity index is 638. The third kappa shape index (κ3) is 2.41. The Kier molecular flexibility index (Phi) is 3.32. The fraction of sp³-hybridized carbons (Fsp3) is 0.0625. The van der Waals surface area contributed by atoms with Crippen LogP contribution < -0.4 is 0 Å². The van der Waals surface area contributed by atoms with E-state index in [1.54, 1.807) is 0 Å². The molecule has 0 saturated carbocycles. The number of hydrogen-bond donors (Lipinski definition) is 0. The van der Waals surface area contributed by atoms with E-state index >= 15 is 0 Å².